The first-order valence-electron chi connectivity index (χ1n) is 14.7. The molecule has 0 bridgehead atoms. The molecule has 0 heterocycles. The van der Waals surface area contributed by atoms with E-state index in [9.17, 15) is 0 Å². The molecule has 0 saturated carbocycles. The normalized spacial score (nSPS) is 10.0. The molecule has 6 rings (SSSR count). The van der Waals surface area contributed by atoms with Crippen molar-refractivity contribution in [3.8, 4) is 0 Å². The van der Waals surface area contributed by atoms with Gasteiger partial charge < -0.3 is 6.92 Å². The van der Waals surface area contributed by atoms with Crippen LogP contribution in [0.15, 0.2) is 182 Å². The van der Waals surface area contributed by atoms with E-state index in [2.05, 4.69) is 196 Å². The minimum Gasteiger partial charge on any atom is -0.343 e. The van der Waals surface area contributed by atoms with Crippen LogP contribution >= 0.6 is 15.8 Å². The van der Waals surface area contributed by atoms with E-state index in [1.165, 1.54) is 38.2 Å². The molecule has 0 aliphatic heterocycles. The number of benzene rings is 6. The van der Waals surface area contributed by atoms with E-state index >= 15 is 0 Å². The largest absolute Gasteiger partial charge is 0.343 e. The standard InChI is InChI=1S/2C18H15P.C4H9.Ni/c2*1-4-10-16(11-5-1)19(17-12-6-2-7-13-17)18-14-8-3-9-15-18;1-3-4-2;/h2*1-15H;1,3-4H2,2H3;/q;;-1;/p+2. The van der Waals surface area contributed by atoms with Crippen LogP contribution in [0.2, 0.25) is 0 Å². The second-order valence-corrected chi connectivity index (χ2v) is 14.8. The van der Waals surface area contributed by atoms with Gasteiger partial charge in [0.05, 0.1) is 15.8 Å². The van der Waals surface area contributed by atoms with Crippen molar-refractivity contribution >= 4 is 47.7 Å². The summed E-state index contributed by atoms with van der Waals surface area (Å²) in [5.41, 5.74) is 0. The molecule has 43 heavy (non-hydrogen) atoms. The molecular weight excluding hydrogens is 601 g/mol. The van der Waals surface area contributed by atoms with Gasteiger partial charge >= 0.3 is 0 Å². The predicted molar refractivity (Wildman–Crippen MR) is 193 cm³/mol. The maximum Gasteiger partial charge on any atom is 0.102 e. The smallest absolute Gasteiger partial charge is 0.102 e. The minimum atomic E-state index is -0.877. The Bertz CT molecular complexity index is 1200. The Labute approximate surface area is 271 Å². The minimum absolute atomic E-state index is 0. The molecule has 6 aromatic rings. The molecule has 0 N–H and O–H groups in total. The topological polar surface area (TPSA) is 0 Å². The van der Waals surface area contributed by atoms with Crippen LogP contribution < -0.4 is 31.8 Å². The maximum absolute atomic E-state index is 3.60. The molecule has 6 aromatic carbocycles. The molecule has 0 aliphatic rings. The van der Waals surface area contributed by atoms with Crippen molar-refractivity contribution in [2.75, 3.05) is 0 Å². The number of hydrogen-bond acceptors (Lipinski definition) is 0. The van der Waals surface area contributed by atoms with Crippen LogP contribution in [0.4, 0.5) is 0 Å². The van der Waals surface area contributed by atoms with Gasteiger partial charge in [0.15, 0.2) is 0 Å². The van der Waals surface area contributed by atoms with Crippen LogP contribution in [0.1, 0.15) is 19.8 Å². The van der Waals surface area contributed by atoms with Gasteiger partial charge in [-0.3, -0.25) is 0 Å². The van der Waals surface area contributed by atoms with E-state index in [0.717, 1.165) is 6.42 Å². The van der Waals surface area contributed by atoms with Gasteiger partial charge in [0, 0.05) is 16.5 Å². The Hall–Kier alpha value is -3.33. The molecule has 0 saturated heterocycles. The third-order valence-corrected chi connectivity index (χ3v) is 12.2. The fraction of sp³-hybridized carbons (Fsp3) is 0.0750. The Kier molecular flexibility index (Phi) is 15.7. The first kappa shape index (κ1) is 34.2. The Morgan fingerprint density at radius 3 is 0.605 bits per heavy atom. The quantitative estimate of drug-likeness (QED) is 0.0942. The SMILES string of the molecule is [CH2-]CCC.[Ni].c1ccc([PH+](c2ccccc2)c2ccccc2)cc1.c1ccc([PH+](c2ccccc2)c2ccccc2)cc1. The zero-order valence-electron chi connectivity index (χ0n) is 24.8. The zero-order valence-corrected chi connectivity index (χ0v) is 27.7. The molecule has 220 valence electrons. The van der Waals surface area contributed by atoms with Crippen molar-refractivity contribution < 1.29 is 16.5 Å². The third-order valence-electron chi connectivity index (χ3n) is 6.73. The molecular formula is C40H41NiP2+. The summed E-state index contributed by atoms with van der Waals surface area (Å²) in [4.78, 5) is 0. The van der Waals surface area contributed by atoms with Crippen molar-refractivity contribution in [3.63, 3.8) is 0 Å². The van der Waals surface area contributed by atoms with E-state index in [-0.39, 0.29) is 16.5 Å². The van der Waals surface area contributed by atoms with Gasteiger partial charge in [-0.2, -0.15) is 6.42 Å². The molecule has 0 nitrogen and oxygen atoms in total. The molecule has 0 amide bonds. The van der Waals surface area contributed by atoms with Crippen molar-refractivity contribution in [2.24, 2.45) is 0 Å². The molecule has 0 aromatic heterocycles. The van der Waals surface area contributed by atoms with Crippen molar-refractivity contribution in [3.05, 3.63) is 189 Å². The fourth-order valence-corrected chi connectivity index (χ4v) is 9.78. The van der Waals surface area contributed by atoms with Crippen molar-refractivity contribution in [1.29, 1.82) is 0 Å². The van der Waals surface area contributed by atoms with E-state index in [1.807, 2.05) is 0 Å². The van der Waals surface area contributed by atoms with Crippen LogP contribution in [-0.4, -0.2) is 0 Å². The molecule has 0 spiro atoms. The second-order valence-electron chi connectivity index (χ2n) is 9.80. The third kappa shape index (κ3) is 10.7. The van der Waals surface area contributed by atoms with E-state index in [1.54, 1.807) is 0 Å². The van der Waals surface area contributed by atoms with Crippen molar-refractivity contribution in [2.45, 2.75) is 19.8 Å². The second kappa shape index (κ2) is 19.8. The van der Waals surface area contributed by atoms with Gasteiger partial charge in [0.2, 0.25) is 0 Å². The average molecular weight is 642 g/mol. The molecule has 3 heteroatoms. The summed E-state index contributed by atoms with van der Waals surface area (Å²) in [6, 6.07) is 65.0. The number of rotatable bonds is 7. The zero-order chi connectivity index (χ0) is 29.2. The summed E-state index contributed by atoms with van der Waals surface area (Å²) in [5, 5.41) is 8.61. The van der Waals surface area contributed by atoms with Crippen LogP contribution in [-0.2, 0) is 16.5 Å². The molecule has 0 atom stereocenters. The summed E-state index contributed by atoms with van der Waals surface area (Å²) in [5.74, 6) is 0. The van der Waals surface area contributed by atoms with E-state index in [0.29, 0.717) is 0 Å². The van der Waals surface area contributed by atoms with Gasteiger partial charge in [0.1, 0.15) is 31.8 Å². The molecule has 0 radical (unpaired) electrons. The molecule has 0 fully saturated rings. The summed E-state index contributed by atoms with van der Waals surface area (Å²) >= 11 is 0. The van der Waals surface area contributed by atoms with Gasteiger partial charge in [-0.15, -0.1) is 0 Å². The summed E-state index contributed by atoms with van der Waals surface area (Å²) < 4.78 is 0. The molecule has 0 unspecified atom stereocenters. The van der Waals surface area contributed by atoms with Crippen LogP contribution in [0.5, 0.6) is 0 Å². The summed E-state index contributed by atoms with van der Waals surface area (Å²) in [6.45, 7) is 5.72. The monoisotopic (exact) mass is 641 g/mol. The van der Waals surface area contributed by atoms with Crippen LogP contribution in [0, 0.1) is 6.92 Å². The van der Waals surface area contributed by atoms with Crippen molar-refractivity contribution in [1.82, 2.24) is 0 Å². The fourth-order valence-electron chi connectivity index (χ4n) is 4.63. The predicted octanol–water partition coefficient (Wildman–Crippen LogP) is 7.97. The van der Waals surface area contributed by atoms with E-state index in [4.69, 9.17) is 0 Å². The Balaban J connectivity index is 0.000000206. The Morgan fingerprint density at radius 2 is 0.488 bits per heavy atom. The van der Waals surface area contributed by atoms with Gasteiger partial charge in [0.25, 0.3) is 0 Å². The van der Waals surface area contributed by atoms with Crippen LogP contribution in [0.25, 0.3) is 0 Å². The number of unbranched alkanes of at least 4 members (excludes halogenated alkanes) is 1. The summed E-state index contributed by atoms with van der Waals surface area (Å²) in [6.07, 6.45) is 2.28. The first-order chi connectivity index (χ1) is 20.8. The van der Waals surface area contributed by atoms with E-state index < -0.39 is 15.8 Å². The number of hydrogen-bond donors (Lipinski definition) is 0. The summed E-state index contributed by atoms with van der Waals surface area (Å²) in [7, 11) is -1.75. The van der Waals surface area contributed by atoms with Crippen LogP contribution in [0.3, 0.4) is 0 Å². The van der Waals surface area contributed by atoms with Gasteiger partial charge in [-0.1, -0.05) is 123 Å². The first-order valence-corrected chi connectivity index (χ1v) is 17.7. The van der Waals surface area contributed by atoms with Gasteiger partial charge in [-0.25, -0.2) is 0 Å². The average Bonchev–Trinajstić information content (AvgIpc) is 3.08. The molecule has 0 aliphatic carbocycles. The van der Waals surface area contributed by atoms with Gasteiger partial charge in [-0.05, 0) is 72.8 Å². The Morgan fingerprint density at radius 1 is 0.349 bits per heavy atom. The maximum atomic E-state index is 3.60.